The highest BCUT2D eigenvalue weighted by atomic mass is 35.5. The smallest absolute Gasteiger partial charge is 0.236 e. The zero-order valence-corrected chi connectivity index (χ0v) is 15.9. The number of carbonyl (C=O) groups is 2. The molecule has 2 aliphatic rings. The third kappa shape index (κ3) is 6.95. The molecule has 1 atom stereocenters. The molecule has 1 unspecified atom stereocenters. The summed E-state index contributed by atoms with van der Waals surface area (Å²) in [6.07, 6.45) is 5.58. The van der Waals surface area contributed by atoms with Crippen molar-refractivity contribution in [3.05, 3.63) is 0 Å². The first-order chi connectivity index (χ1) is 11.1. The van der Waals surface area contributed by atoms with Crippen LogP contribution in [-0.2, 0) is 9.59 Å². The lowest BCUT2D eigenvalue weighted by Gasteiger charge is -2.36. The van der Waals surface area contributed by atoms with E-state index in [1.807, 2.05) is 11.9 Å². The summed E-state index contributed by atoms with van der Waals surface area (Å²) >= 11 is 0. The maximum atomic E-state index is 12.5. The molecule has 2 amide bonds. The first kappa shape index (κ1) is 21.2. The summed E-state index contributed by atoms with van der Waals surface area (Å²) < 4.78 is 0. The fourth-order valence-electron chi connectivity index (χ4n) is 3.68. The molecule has 24 heavy (non-hydrogen) atoms. The van der Waals surface area contributed by atoms with E-state index in [4.69, 9.17) is 0 Å². The Hall–Kier alpha value is -0.850. The Kier molecular flexibility index (Phi) is 9.63. The zero-order chi connectivity index (χ0) is 16.7. The summed E-state index contributed by atoms with van der Waals surface area (Å²) in [7, 11) is 2.00. The Labute approximate surface area is 152 Å². The minimum atomic E-state index is -0.00654. The fourth-order valence-corrected chi connectivity index (χ4v) is 3.68. The van der Waals surface area contributed by atoms with Crippen LogP contribution < -0.4 is 10.6 Å². The summed E-state index contributed by atoms with van der Waals surface area (Å²) in [4.78, 5) is 27.9. The highest BCUT2D eigenvalue weighted by Gasteiger charge is 2.26. The van der Waals surface area contributed by atoms with Crippen molar-refractivity contribution in [3.63, 3.8) is 0 Å². The van der Waals surface area contributed by atoms with Gasteiger partial charge in [-0.15, -0.1) is 12.4 Å². The molecule has 0 aliphatic carbocycles. The second kappa shape index (κ2) is 10.9. The molecule has 0 radical (unpaired) electrons. The van der Waals surface area contributed by atoms with Gasteiger partial charge in [-0.2, -0.15) is 0 Å². The Balaban J connectivity index is 0.00000288. The quantitative estimate of drug-likeness (QED) is 0.737. The van der Waals surface area contributed by atoms with Crippen LogP contribution in [-0.4, -0.2) is 74.0 Å². The summed E-state index contributed by atoms with van der Waals surface area (Å²) in [6, 6.07) is 0.123. The first-order valence-electron chi connectivity index (χ1n) is 9.00. The highest BCUT2D eigenvalue weighted by Crippen LogP contribution is 2.20. The van der Waals surface area contributed by atoms with Crippen molar-refractivity contribution in [1.29, 1.82) is 0 Å². The molecular formula is C17H33ClN4O2. The SMILES string of the molecule is CNCCC1CCN(CC(=O)N2CCCC(NC(C)=O)C2)CC1.Cl. The normalized spacial score (nSPS) is 22.8. The van der Waals surface area contributed by atoms with Crippen LogP contribution >= 0.6 is 12.4 Å². The molecule has 0 aromatic carbocycles. The van der Waals surface area contributed by atoms with Gasteiger partial charge in [0.1, 0.15) is 0 Å². The number of carbonyl (C=O) groups excluding carboxylic acids is 2. The molecule has 2 heterocycles. The minimum Gasteiger partial charge on any atom is -0.352 e. The van der Waals surface area contributed by atoms with E-state index in [1.54, 1.807) is 6.92 Å². The lowest BCUT2D eigenvalue weighted by atomic mass is 9.93. The van der Waals surface area contributed by atoms with Gasteiger partial charge in [-0.1, -0.05) is 0 Å². The molecule has 2 saturated heterocycles. The van der Waals surface area contributed by atoms with Crippen LogP contribution in [0, 0.1) is 5.92 Å². The summed E-state index contributed by atoms with van der Waals surface area (Å²) in [5.74, 6) is 1.01. The van der Waals surface area contributed by atoms with Gasteiger partial charge < -0.3 is 15.5 Å². The number of nitrogens with zero attached hydrogens (tertiary/aromatic N) is 2. The standard InChI is InChI=1S/C17H32N4O2.ClH/c1-14(22)19-16-4-3-9-21(12-16)17(23)13-20-10-6-15(7-11-20)5-8-18-2;/h15-16,18H,3-13H2,1-2H3,(H,19,22);1H. The van der Waals surface area contributed by atoms with E-state index in [0.29, 0.717) is 13.1 Å². The molecule has 0 bridgehead atoms. The Morgan fingerprint density at radius 1 is 1.12 bits per heavy atom. The van der Waals surface area contributed by atoms with Crippen molar-refractivity contribution in [2.75, 3.05) is 46.3 Å². The van der Waals surface area contributed by atoms with Crippen molar-refractivity contribution in [2.24, 2.45) is 5.92 Å². The molecule has 140 valence electrons. The largest absolute Gasteiger partial charge is 0.352 e. The van der Waals surface area contributed by atoms with Gasteiger partial charge in [-0.3, -0.25) is 14.5 Å². The molecule has 2 fully saturated rings. The molecule has 0 aromatic heterocycles. The van der Waals surface area contributed by atoms with Crippen LogP contribution in [0.1, 0.15) is 39.0 Å². The van der Waals surface area contributed by atoms with E-state index in [-0.39, 0.29) is 30.3 Å². The number of hydrogen-bond acceptors (Lipinski definition) is 4. The number of amides is 2. The summed E-state index contributed by atoms with van der Waals surface area (Å²) in [6.45, 7) is 6.71. The predicted octanol–water partition coefficient (Wildman–Crippen LogP) is 0.857. The van der Waals surface area contributed by atoms with Gasteiger partial charge in [0.15, 0.2) is 0 Å². The van der Waals surface area contributed by atoms with E-state index >= 15 is 0 Å². The van der Waals surface area contributed by atoms with Gasteiger partial charge in [0, 0.05) is 26.1 Å². The molecule has 2 rings (SSSR count). The van der Waals surface area contributed by atoms with Gasteiger partial charge in [-0.25, -0.2) is 0 Å². The molecular weight excluding hydrogens is 328 g/mol. The van der Waals surface area contributed by atoms with Crippen LogP contribution in [0.15, 0.2) is 0 Å². The Morgan fingerprint density at radius 3 is 2.46 bits per heavy atom. The van der Waals surface area contributed by atoms with Gasteiger partial charge in [0.25, 0.3) is 0 Å². The number of likely N-dealkylation sites (tertiary alicyclic amines) is 2. The van der Waals surface area contributed by atoms with Crippen molar-refractivity contribution >= 4 is 24.2 Å². The molecule has 2 N–H and O–H groups in total. The van der Waals surface area contributed by atoms with E-state index in [2.05, 4.69) is 15.5 Å². The van der Waals surface area contributed by atoms with Crippen LogP contribution in [0.3, 0.4) is 0 Å². The van der Waals surface area contributed by atoms with Gasteiger partial charge in [-0.05, 0) is 64.7 Å². The number of rotatable bonds is 6. The van der Waals surface area contributed by atoms with Crippen molar-refractivity contribution < 1.29 is 9.59 Å². The van der Waals surface area contributed by atoms with Gasteiger partial charge in [0.05, 0.1) is 6.54 Å². The highest BCUT2D eigenvalue weighted by molar-refractivity contribution is 5.85. The average Bonchev–Trinajstić information content (AvgIpc) is 2.54. The minimum absolute atomic E-state index is 0. The lowest BCUT2D eigenvalue weighted by Crippen LogP contribution is -2.52. The zero-order valence-electron chi connectivity index (χ0n) is 15.1. The third-order valence-corrected chi connectivity index (χ3v) is 5.05. The van der Waals surface area contributed by atoms with Crippen LogP contribution in [0.2, 0.25) is 0 Å². The lowest BCUT2D eigenvalue weighted by molar-refractivity contribution is -0.135. The number of halogens is 1. The van der Waals surface area contributed by atoms with Crippen molar-refractivity contribution in [3.8, 4) is 0 Å². The fraction of sp³-hybridized carbons (Fsp3) is 0.882. The Bertz CT molecular complexity index is 400. The monoisotopic (exact) mass is 360 g/mol. The van der Waals surface area contributed by atoms with Gasteiger partial charge >= 0.3 is 0 Å². The van der Waals surface area contributed by atoms with E-state index in [1.165, 1.54) is 19.3 Å². The molecule has 0 spiro atoms. The van der Waals surface area contributed by atoms with E-state index < -0.39 is 0 Å². The molecule has 2 aliphatic heterocycles. The molecule has 7 heteroatoms. The van der Waals surface area contributed by atoms with Crippen molar-refractivity contribution in [2.45, 2.75) is 45.1 Å². The Morgan fingerprint density at radius 2 is 1.83 bits per heavy atom. The molecule has 6 nitrogen and oxygen atoms in total. The van der Waals surface area contributed by atoms with Crippen LogP contribution in [0.5, 0.6) is 0 Å². The third-order valence-electron chi connectivity index (χ3n) is 5.05. The maximum absolute atomic E-state index is 12.5. The predicted molar refractivity (Wildman–Crippen MR) is 98.4 cm³/mol. The number of nitrogens with one attached hydrogen (secondary N) is 2. The average molecular weight is 361 g/mol. The topological polar surface area (TPSA) is 64.7 Å². The summed E-state index contributed by atoms with van der Waals surface area (Å²) in [5, 5.41) is 6.16. The van der Waals surface area contributed by atoms with Crippen LogP contribution in [0.25, 0.3) is 0 Å². The number of hydrogen-bond donors (Lipinski definition) is 2. The molecule has 0 aromatic rings. The number of piperidine rings is 2. The van der Waals surface area contributed by atoms with E-state index in [9.17, 15) is 9.59 Å². The van der Waals surface area contributed by atoms with E-state index in [0.717, 1.165) is 44.9 Å². The second-order valence-corrected chi connectivity index (χ2v) is 6.99. The first-order valence-corrected chi connectivity index (χ1v) is 9.00. The second-order valence-electron chi connectivity index (χ2n) is 6.99. The summed E-state index contributed by atoms with van der Waals surface area (Å²) in [5.41, 5.74) is 0. The molecule has 0 saturated carbocycles. The van der Waals surface area contributed by atoms with Crippen molar-refractivity contribution in [1.82, 2.24) is 20.4 Å². The maximum Gasteiger partial charge on any atom is 0.236 e. The van der Waals surface area contributed by atoms with Gasteiger partial charge in [0.2, 0.25) is 11.8 Å². The van der Waals surface area contributed by atoms with Crippen LogP contribution in [0.4, 0.5) is 0 Å².